The summed E-state index contributed by atoms with van der Waals surface area (Å²) in [6.07, 6.45) is 1.57. The zero-order valence-electron chi connectivity index (χ0n) is 8.97. The van der Waals surface area contributed by atoms with E-state index >= 15 is 0 Å². The lowest BCUT2D eigenvalue weighted by atomic mass is 10.0. The van der Waals surface area contributed by atoms with Gasteiger partial charge in [0.1, 0.15) is 17.4 Å². The van der Waals surface area contributed by atoms with Crippen LogP contribution in [0.4, 0.5) is 8.78 Å². The summed E-state index contributed by atoms with van der Waals surface area (Å²) in [5.74, 6) is -1.16. The molecule has 0 saturated heterocycles. The van der Waals surface area contributed by atoms with E-state index in [1.165, 1.54) is 12.1 Å². The van der Waals surface area contributed by atoms with Gasteiger partial charge in [-0.25, -0.2) is 8.78 Å². The Hall–Kier alpha value is -0.770. The first kappa shape index (κ1) is 13.3. The summed E-state index contributed by atoms with van der Waals surface area (Å²) in [6.45, 7) is 1.92. The molecule has 0 aliphatic heterocycles. The largest absolute Gasteiger partial charge is 0.298 e. The van der Waals surface area contributed by atoms with Gasteiger partial charge in [0.15, 0.2) is 0 Å². The molecule has 0 N–H and O–H groups in total. The molecule has 1 aromatic carbocycles. The molecule has 0 spiro atoms. The third-order valence-electron chi connectivity index (χ3n) is 2.18. The highest BCUT2D eigenvalue weighted by Gasteiger charge is 2.15. The zero-order chi connectivity index (χ0) is 12.1. The third-order valence-corrected chi connectivity index (χ3v) is 3.02. The maximum Gasteiger partial charge on any atom is 0.146 e. The maximum absolute atomic E-state index is 12.9. The van der Waals surface area contributed by atoms with Gasteiger partial charge < -0.3 is 0 Å². The first-order chi connectivity index (χ1) is 7.52. The normalized spacial score (nSPS) is 12.5. The predicted molar refractivity (Wildman–Crippen MR) is 62.7 cm³/mol. The predicted octanol–water partition coefficient (Wildman–Crippen LogP) is 3.64. The van der Waals surface area contributed by atoms with Gasteiger partial charge in [-0.2, -0.15) is 0 Å². The molecule has 0 saturated carbocycles. The molecule has 1 unspecified atom stereocenters. The van der Waals surface area contributed by atoms with Crippen LogP contribution in [0.15, 0.2) is 18.2 Å². The number of hydrogen-bond donors (Lipinski definition) is 0. The van der Waals surface area contributed by atoms with Crippen LogP contribution in [0, 0.1) is 11.6 Å². The molecule has 4 heteroatoms. The van der Waals surface area contributed by atoms with Crippen LogP contribution in [0.1, 0.15) is 25.3 Å². The minimum Gasteiger partial charge on any atom is -0.298 e. The Kier molecular flexibility index (Phi) is 5.06. The second-order valence-electron chi connectivity index (χ2n) is 3.67. The van der Waals surface area contributed by atoms with E-state index in [9.17, 15) is 13.6 Å². The Bertz CT molecular complexity index is 359. The van der Waals surface area contributed by atoms with E-state index in [2.05, 4.69) is 15.9 Å². The lowest BCUT2D eigenvalue weighted by Crippen LogP contribution is -2.16. The van der Waals surface area contributed by atoms with Crippen LogP contribution >= 0.6 is 15.9 Å². The summed E-state index contributed by atoms with van der Waals surface area (Å²) >= 11 is 3.24. The lowest BCUT2D eigenvalue weighted by Gasteiger charge is -2.08. The summed E-state index contributed by atoms with van der Waals surface area (Å²) in [4.78, 5) is 11.1. The van der Waals surface area contributed by atoms with Crippen LogP contribution < -0.4 is 0 Å². The van der Waals surface area contributed by atoms with Crippen molar-refractivity contribution in [2.45, 2.75) is 31.0 Å². The minimum atomic E-state index is -0.613. The van der Waals surface area contributed by atoms with Crippen molar-refractivity contribution in [2.24, 2.45) is 0 Å². The number of carbonyl (C=O) groups excluding carboxylic acids is 1. The Morgan fingerprint density at radius 2 is 1.88 bits per heavy atom. The molecule has 1 aromatic rings. The average Bonchev–Trinajstić information content (AvgIpc) is 2.16. The lowest BCUT2D eigenvalue weighted by molar-refractivity contribution is -0.118. The Balaban J connectivity index is 2.69. The Morgan fingerprint density at radius 3 is 2.38 bits per heavy atom. The van der Waals surface area contributed by atoms with Crippen molar-refractivity contribution >= 4 is 21.7 Å². The van der Waals surface area contributed by atoms with E-state index in [1.807, 2.05) is 6.92 Å². The number of hydrogen-bond acceptors (Lipinski definition) is 1. The number of Topliss-reactive ketones (excluding diaryl/α,β-unsaturated/α-hetero) is 1. The van der Waals surface area contributed by atoms with Crippen LogP contribution in [-0.4, -0.2) is 10.6 Å². The minimum absolute atomic E-state index is 0.0622. The number of carbonyl (C=O) groups is 1. The van der Waals surface area contributed by atoms with Crippen molar-refractivity contribution in [3.8, 4) is 0 Å². The molecule has 0 heterocycles. The summed E-state index contributed by atoms with van der Waals surface area (Å²) in [7, 11) is 0. The second kappa shape index (κ2) is 6.09. The van der Waals surface area contributed by atoms with Gasteiger partial charge in [0, 0.05) is 12.5 Å². The quantitative estimate of drug-likeness (QED) is 0.757. The third kappa shape index (κ3) is 4.00. The standard InChI is InChI=1S/C12H13BrF2O/c1-2-3-12(16)11(13)6-8-4-9(14)7-10(15)5-8/h4-5,7,11H,2-3,6H2,1H3. The average molecular weight is 291 g/mol. The van der Waals surface area contributed by atoms with Gasteiger partial charge in [-0.05, 0) is 30.5 Å². The van der Waals surface area contributed by atoms with Crippen molar-refractivity contribution in [3.63, 3.8) is 0 Å². The van der Waals surface area contributed by atoms with Crippen molar-refractivity contribution in [1.82, 2.24) is 0 Å². The van der Waals surface area contributed by atoms with Crippen LogP contribution in [0.25, 0.3) is 0 Å². The van der Waals surface area contributed by atoms with E-state index in [4.69, 9.17) is 0 Å². The van der Waals surface area contributed by atoms with Gasteiger partial charge in [0.2, 0.25) is 0 Å². The fraction of sp³-hybridized carbons (Fsp3) is 0.417. The van der Waals surface area contributed by atoms with Gasteiger partial charge in [-0.1, -0.05) is 22.9 Å². The summed E-state index contributed by atoms with van der Waals surface area (Å²) in [5, 5.41) is 0. The van der Waals surface area contributed by atoms with Gasteiger partial charge in [-0.15, -0.1) is 0 Å². The van der Waals surface area contributed by atoms with Gasteiger partial charge in [0.05, 0.1) is 4.83 Å². The molecule has 0 aliphatic rings. The SMILES string of the molecule is CCCC(=O)C(Br)Cc1cc(F)cc(F)c1. The highest BCUT2D eigenvalue weighted by molar-refractivity contribution is 9.10. The number of benzene rings is 1. The van der Waals surface area contributed by atoms with Gasteiger partial charge in [-0.3, -0.25) is 4.79 Å². The summed E-state index contributed by atoms with van der Waals surface area (Å²) in [6, 6.07) is 3.31. The molecular weight excluding hydrogens is 278 g/mol. The molecule has 1 atom stereocenters. The molecule has 16 heavy (non-hydrogen) atoms. The molecule has 0 aliphatic carbocycles. The zero-order valence-corrected chi connectivity index (χ0v) is 10.6. The van der Waals surface area contributed by atoms with Gasteiger partial charge >= 0.3 is 0 Å². The Morgan fingerprint density at radius 1 is 1.31 bits per heavy atom. The molecule has 88 valence electrons. The summed E-state index contributed by atoms with van der Waals surface area (Å²) < 4.78 is 25.8. The van der Waals surface area contributed by atoms with E-state index in [-0.39, 0.29) is 10.6 Å². The fourth-order valence-electron chi connectivity index (χ4n) is 1.45. The number of ketones is 1. The molecule has 1 rings (SSSR count). The van der Waals surface area contributed by atoms with Crippen molar-refractivity contribution in [3.05, 3.63) is 35.4 Å². The number of rotatable bonds is 5. The first-order valence-corrected chi connectivity index (χ1v) is 6.06. The molecule has 0 radical (unpaired) electrons. The van der Waals surface area contributed by atoms with E-state index in [0.29, 0.717) is 18.4 Å². The first-order valence-electron chi connectivity index (χ1n) is 5.14. The molecule has 0 aromatic heterocycles. The molecule has 0 fully saturated rings. The van der Waals surface area contributed by atoms with Crippen LogP contribution in [-0.2, 0) is 11.2 Å². The summed E-state index contributed by atoms with van der Waals surface area (Å²) in [5.41, 5.74) is 0.490. The molecule has 0 amide bonds. The van der Waals surface area contributed by atoms with Crippen LogP contribution in [0.2, 0.25) is 0 Å². The maximum atomic E-state index is 12.9. The van der Waals surface area contributed by atoms with E-state index in [1.54, 1.807) is 0 Å². The fourth-order valence-corrected chi connectivity index (χ4v) is 2.06. The number of alkyl halides is 1. The highest BCUT2D eigenvalue weighted by Crippen LogP contribution is 2.15. The van der Waals surface area contributed by atoms with Crippen molar-refractivity contribution < 1.29 is 13.6 Å². The monoisotopic (exact) mass is 290 g/mol. The van der Waals surface area contributed by atoms with Crippen molar-refractivity contribution in [1.29, 1.82) is 0 Å². The Labute approximate surface area is 102 Å². The van der Waals surface area contributed by atoms with E-state index < -0.39 is 11.6 Å². The van der Waals surface area contributed by atoms with Crippen LogP contribution in [0.3, 0.4) is 0 Å². The van der Waals surface area contributed by atoms with Crippen LogP contribution in [0.5, 0.6) is 0 Å². The van der Waals surface area contributed by atoms with Gasteiger partial charge in [0.25, 0.3) is 0 Å². The number of halogens is 3. The highest BCUT2D eigenvalue weighted by atomic mass is 79.9. The topological polar surface area (TPSA) is 17.1 Å². The molecule has 0 bridgehead atoms. The smallest absolute Gasteiger partial charge is 0.146 e. The second-order valence-corrected chi connectivity index (χ2v) is 4.77. The van der Waals surface area contributed by atoms with Crippen molar-refractivity contribution in [2.75, 3.05) is 0 Å². The molecule has 1 nitrogen and oxygen atoms in total. The van der Waals surface area contributed by atoms with E-state index in [0.717, 1.165) is 12.5 Å². The molecular formula is C12H13BrF2O.